The molecule has 4 nitrogen and oxygen atoms in total. The van der Waals surface area contributed by atoms with Crippen LogP contribution < -0.4 is 10.9 Å². The van der Waals surface area contributed by atoms with E-state index in [9.17, 15) is 4.79 Å². The van der Waals surface area contributed by atoms with Crippen LogP contribution in [0.1, 0.15) is 18.9 Å². The fraction of sp³-hybridized carbons (Fsp3) is 0.556. The number of nitrogens with one attached hydrogen (secondary N) is 1. The van der Waals surface area contributed by atoms with Crippen molar-refractivity contribution in [2.45, 2.75) is 18.9 Å². The Hall–Kier alpha value is -0.000000000000000187. The zero-order chi connectivity index (χ0) is 10.8. The maximum absolute atomic E-state index is 11.8. The van der Waals surface area contributed by atoms with Crippen LogP contribution in [0.15, 0.2) is 11.0 Å². The quantitative estimate of drug-likeness (QED) is 0.863. The van der Waals surface area contributed by atoms with Gasteiger partial charge in [-0.3, -0.25) is 4.79 Å². The SMILES string of the molecule is Cl.Cl.O=c1c(Cl)c(Cl)cnn1C1CCNCC1. The molecule has 1 aromatic heterocycles. The molecular formula is C9H13Cl4N3O. The highest BCUT2D eigenvalue weighted by Gasteiger charge is 2.18. The van der Waals surface area contributed by atoms with Crippen LogP contribution in [0.5, 0.6) is 0 Å². The first-order valence-electron chi connectivity index (χ1n) is 4.83. The number of rotatable bonds is 1. The van der Waals surface area contributed by atoms with E-state index in [-0.39, 0.29) is 46.5 Å². The van der Waals surface area contributed by atoms with E-state index >= 15 is 0 Å². The molecule has 0 radical (unpaired) electrons. The lowest BCUT2D eigenvalue weighted by molar-refractivity contribution is 0.331. The molecule has 98 valence electrons. The summed E-state index contributed by atoms with van der Waals surface area (Å²) in [5, 5.41) is 7.53. The second-order valence-electron chi connectivity index (χ2n) is 3.54. The van der Waals surface area contributed by atoms with Gasteiger partial charge in [-0.1, -0.05) is 23.2 Å². The number of aromatic nitrogens is 2. The molecule has 0 amide bonds. The van der Waals surface area contributed by atoms with Crippen molar-refractivity contribution in [2.24, 2.45) is 0 Å². The molecule has 0 aromatic carbocycles. The standard InChI is InChI=1S/C9H11Cl2N3O.2ClH/c10-7-5-13-14(9(15)8(7)11)6-1-3-12-4-2-6;;/h5-6,12H,1-4H2;2*1H. The fourth-order valence-electron chi connectivity index (χ4n) is 1.74. The van der Waals surface area contributed by atoms with Crippen molar-refractivity contribution in [1.29, 1.82) is 0 Å². The van der Waals surface area contributed by atoms with Gasteiger partial charge in [-0.25, -0.2) is 4.68 Å². The van der Waals surface area contributed by atoms with Crippen molar-refractivity contribution in [1.82, 2.24) is 15.1 Å². The first kappa shape index (κ1) is 17.0. The van der Waals surface area contributed by atoms with E-state index < -0.39 is 0 Å². The summed E-state index contributed by atoms with van der Waals surface area (Å²) in [6, 6.07) is 0.133. The molecule has 1 aromatic rings. The lowest BCUT2D eigenvalue weighted by atomic mass is 10.1. The second-order valence-corrected chi connectivity index (χ2v) is 4.32. The van der Waals surface area contributed by atoms with Crippen molar-refractivity contribution in [3.05, 3.63) is 26.6 Å². The van der Waals surface area contributed by atoms with Crippen LogP contribution in [0.4, 0.5) is 0 Å². The van der Waals surface area contributed by atoms with Gasteiger partial charge in [0.05, 0.1) is 17.3 Å². The Bertz CT molecular complexity index is 417. The number of nitrogens with zero attached hydrogens (tertiary/aromatic N) is 2. The number of piperidine rings is 1. The van der Waals surface area contributed by atoms with Crippen LogP contribution in [0.2, 0.25) is 10.0 Å². The average Bonchev–Trinajstić information content (AvgIpc) is 2.27. The summed E-state index contributed by atoms with van der Waals surface area (Å²) < 4.78 is 1.44. The molecule has 0 saturated carbocycles. The molecular weight excluding hydrogens is 308 g/mol. The van der Waals surface area contributed by atoms with Crippen LogP contribution in [-0.4, -0.2) is 22.9 Å². The van der Waals surface area contributed by atoms with Gasteiger partial charge in [0.25, 0.3) is 5.56 Å². The van der Waals surface area contributed by atoms with E-state index in [4.69, 9.17) is 23.2 Å². The molecule has 1 saturated heterocycles. The highest BCUT2D eigenvalue weighted by molar-refractivity contribution is 6.41. The van der Waals surface area contributed by atoms with Crippen LogP contribution in [0.3, 0.4) is 0 Å². The Morgan fingerprint density at radius 3 is 2.47 bits per heavy atom. The first-order valence-corrected chi connectivity index (χ1v) is 5.59. The van der Waals surface area contributed by atoms with Gasteiger partial charge in [0, 0.05) is 0 Å². The number of hydrogen-bond donors (Lipinski definition) is 1. The topological polar surface area (TPSA) is 46.9 Å². The van der Waals surface area contributed by atoms with Crippen molar-refractivity contribution in [3.63, 3.8) is 0 Å². The Balaban J connectivity index is 0.00000128. The van der Waals surface area contributed by atoms with E-state index in [2.05, 4.69) is 10.4 Å². The second kappa shape index (κ2) is 7.44. The molecule has 17 heavy (non-hydrogen) atoms. The van der Waals surface area contributed by atoms with Crippen LogP contribution in [0.25, 0.3) is 0 Å². The van der Waals surface area contributed by atoms with Gasteiger partial charge >= 0.3 is 0 Å². The van der Waals surface area contributed by atoms with Gasteiger partial charge in [0.2, 0.25) is 0 Å². The zero-order valence-electron chi connectivity index (χ0n) is 8.86. The molecule has 0 spiro atoms. The van der Waals surface area contributed by atoms with E-state index in [0.29, 0.717) is 0 Å². The van der Waals surface area contributed by atoms with Crippen LogP contribution >= 0.6 is 48.0 Å². The van der Waals surface area contributed by atoms with Crippen molar-refractivity contribution >= 4 is 48.0 Å². The lowest BCUT2D eigenvalue weighted by Gasteiger charge is -2.23. The Morgan fingerprint density at radius 1 is 1.29 bits per heavy atom. The van der Waals surface area contributed by atoms with Gasteiger partial charge in [-0.2, -0.15) is 5.10 Å². The maximum Gasteiger partial charge on any atom is 0.287 e. The number of halogens is 4. The first-order chi connectivity index (χ1) is 7.20. The van der Waals surface area contributed by atoms with Crippen LogP contribution in [-0.2, 0) is 0 Å². The fourth-order valence-corrected chi connectivity index (χ4v) is 2.00. The predicted molar refractivity (Wildman–Crippen MR) is 74.2 cm³/mol. The van der Waals surface area contributed by atoms with Crippen molar-refractivity contribution in [3.8, 4) is 0 Å². The molecule has 0 aliphatic carbocycles. The highest BCUT2D eigenvalue weighted by Crippen LogP contribution is 2.19. The maximum atomic E-state index is 11.8. The summed E-state index contributed by atoms with van der Waals surface area (Å²) in [6.07, 6.45) is 3.21. The number of hydrogen-bond acceptors (Lipinski definition) is 3. The van der Waals surface area contributed by atoms with Gasteiger partial charge in [-0.05, 0) is 25.9 Å². The minimum Gasteiger partial charge on any atom is -0.317 e. The minimum atomic E-state index is -0.295. The molecule has 2 rings (SSSR count). The Labute approximate surface area is 121 Å². The van der Waals surface area contributed by atoms with Crippen molar-refractivity contribution < 1.29 is 0 Å². The summed E-state index contributed by atoms with van der Waals surface area (Å²) in [6.45, 7) is 1.80. The van der Waals surface area contributed by atoms with E-state index in [0.717, 1.165) is 25.9 Å². The van der Waals surface area contributed by atoms with Gasteiger partial charge in [0.1, 0.15) is 5.02 Å². The predicted octanol–water partition coefficient (Wildman–Crippen LogP) is 2.32. The molecule has 0 unspecified atom stereocenters. The summed E-state index contributed by atoms with van der Waals surface area (Å²) in [7, 11) is 0. The molecule has 0 atom stereocenters. The molecule has 8 heteroatoms. The van der Waals surface area contributed by atoms with E-state index in [1.807, 2.05) is 0 Å². The zero-order valence-corrected chi connectivity index (χ0v) is 12.0. The van der Waals surface area contributed by atoms with E-state index in [1.165, 1.54) is 10.9 Å². The van der Waals surface area contributed by atoms with Gasteiger partial charge < -0.3 is 5.32 Å². The average molecular weight is 321 g/mol. The largest absolute Gasteiger partial charge is 0.317 e. The highest BCUT2D eigenvalue weighted by atomic mass is 35.5. The molecule has 0 bridgehead atoms. The third kappa shape index (κ3) is 3.73. The normalized spacial score (nSPS) is 15.9. The summed E-state index contributed by atoms with van der Waals surface area (Å²) in [5.41, 5.74) is -0.295. The van der Waals surface area contributed by atoms with Crippen molar-refractivity contribution in [2.75, 3.05) is 13.1 Å². The molecule has 1 aliphatic rings. The molecule has 1 N–H and O–H groups in total. The monoisotopic (exact) mass is 319 g/mol. The Kier molecular flexibility index (Phi) is 7.44. The molecule has 1 aliphatic heterocycles. The summed E-state index contributed by atoms with van der Waals surface area (Å²) >= 11 is 11.5. The third-order valence-electron chi connectivity index (χ3n) is 2.56. The van der Waals surface area contributed by atoms with Gasteiger partial charge in [-0.15, -0.1) is 24.8 Å². The Morgan fingerprint density at radius 2 is 1.88 bits per heavy atom. The molecule has 1 fully saturated rings. The summed E-state index contributed by atoms with van der Waals surface area (Å²) in [5.74, 6) is 0. The molecule has 2 heterocycles. The minimum absolute atomic E-state index is 0. The smallest absolute Gasteiger partial charge is 0.287 e. The van der Waals surface area contributed by atoms with E-state index in [1.54, 1.807) is 0 Å². The third-order valence-corrected chi connectivity index (χ3v) is 3.30. The lowest BCUT2D eigenvalue weighted by Crippen LogP contribution is -2.35. The summed E-state index contributed by atoms with van der Waals surface area (Å²) in [4.78, 5) is 11.8. The van der Waals surface area contributed by atoms with Crippen LogP contribution in [0, 0.1) is 0 Å². The van der Waals surface area contributed by atoms with Gasteiger partial charge in [0.15, 0.2) is 0 Å².